The first-order valence-corrected chi connectivity index (χ1v) is 6.16. The molecule has 0 saturated carbocycles. The van der Waals surface area contributed by atoms with E-state index in [-0.39, 0.29) is 15.6 Å². The molecule has 1 atom stereocenters. The quantitative estimate of drug-likeness (QED) is 0.473. The minimum atomic E-state index is -2.31. The van der Waals surface area contributed by atoms with Crippen molar-refractivity contribution in [2.75, 3.05) is 0 Å². The zero-order chi connectivity index (χ0) is 15.9. The van der Waals surface area contributed by atoms with E-state index in [4.69, 9.17) is 23.2 Å². The summed E-state index contributed by atoms with van der Waals surface area (Å²) in [4.78, 5) is 0. The van der Waals surface area contributed by atoms with E-state index in [2.05, 4.69) is 0 Å². The number of hydrogen-bond donors (Lipinski definition) is 1. The standard InChI is InChI=1S/C13H5Cl2F5O/c14-5-3-1-2-4(7(5)15)13(21)6-8(16)10(18)12(20)11(19)9(6)17/h1-3,13,21H. The monoisotopic (exact) mass is 342 g/mol. The second kappa shape index (κ2) is 5.79. The highest BCUT2D eigenvalue weighted by Gasteiger charge is 2.31. The molecular formula is C13H5Cl2F5O. The van der Waals surface area contributed by atoms with Crippen LogP contribution < -0.4 is 0 Å². The van der Waals surface area contributed by atoms with Crippen molar-refractivity contribution in [1.29, 1.82) is 0 Å². The predicted octanol–water partition coefficient (Wildman–Crippen LogP) is 4.77. The van der Waals surface area contributed by atoms with Crippen LogP contribution in [0.15, 0.2) is 18.2 Å². The Labute approximate surface area is 125 Å². The number of benzene rings is 2. The van der Waals surface area contributed by atoms with Crippen molar-refractivity contribution in [2.24, 2.45) is 0 Å². The van der Waals surface area contributed by atoms with E-state index in [1.54, 1.807) is 0 Å². The van der Waals surface area contributed by atoms with Gasteiger partial charge < -0.3 is 5.11 Å². The second-order valence-corrected chi connectivity index (χ2v) is 4.81. The molecule has 1 N–H and O–H groups in total. The van der Waals surface area contributed by atoms with Crippen LogP contribution in [-0.4, -0.2) is 5.11 Å². The Kier molecular flexibility index (Phi) is 4.41. The van der Waals surface area contributed by atoms with Crippen molar-refractivity contribution in [1.82, 2.24) is 0 Å². The van der Waals surface area contributed by atoms with Crippen LogP contribution in [0.1, 0.15) is 17.2 Å². The van der Waals surface area contributed by atoms with Gasteiger partial charge in [0.15, 0.2) is 23.3 Å². The van der Waals surface area contributed by atoms with Crippen molar-refractivity contribution < 1.29 is 27.1 Å². The number of rotatable bonds is 2. The van der Waals surface area contributed by atoms with Crippen molar-refractivity contribution in [2.45, 2.75) is 6.10 Å². The van der Waals surface area contributed by atoms with Crippen molar-refractivity contribution in [3.05, 3.63) is 68.5 Å². The topological polar surface area (TPSA) is 20.2 Å². The van der Waals surface area contributed by atoms with Gasteiger partial charge in [0.1, 0.15) is 6.10 Å². The van der Waals surface area contributed by atoms with Gasteiger partial charge in [-0.2, -0.15) is 0 Å². The number of hydrogen-bond acceptors (Lipinski definition) is 1. The van der Waals surface area contributed by atoms with Crippen molar-refractivity contribution in [3.63, 3.8) is 0 Å². The Balaban J connectivity index is 2.70. The highest BCUT2D eigenvalue weighted by Crippen LogP contribution is 2.36. The maximum atomic E-state index is 13.6. The van der Waals surface area contributed by atoms with Crippen LogP contribution in [0.25, 0.3) is 0 Å². The van der Waals surface area contributed by atoms with E-state index in [0.29, 0.717) is 0 Å². The third-order valence-corrected chi connectivity index (χ3v) is 3.63. The number of aliphatic hydroxyl groups is 1. The van der Waals surface area contributed by atoms with Crippen LogP contribution in [-0.2, 0) is 0 Å². The summed E-state index contributed by atoms with van der Waals surface area (Å²) in [6.45, 7) is 0. The van der Waals surface area contributed by atoms with Crippen LogP contribution in [0.3, 0.4) is 0 Å². The molecule has 1 unspecified atom stereocenters. The fourth-order valence-electron chi connectivity index (χ4n) is 1.75. The Morgan fingerprint density at radius 2 is 1.29 bits per heavy atom. The fraction of sp³-hybridized carbons (Fsp3) is 0.0769. The summed E-state index contributed by atoms with van der Waals surface area (Å²) in [5, 5.41) is 9.62. The molecule has 0 saturated heterocycles. The van der Waals surface area contributed by atoms with Crippen LogP contribution in [0, 0.1) is 29.1 Å². The Bertz CT molecular complexity index is 691. The third-order valence-electron chi connectivity index (χ3n) is 2.79. The first-order chi connectivity index (χ1) is 9.77. The molecule has 112 valence electrons. The summed E-state index contributed by atoms with van der Waals surface area (Å²) in [6.07, 6.45) is -2.17. The molecule has 0 aromatic heterocycles. The lowest BCUT2D eigenvalue weighted by Gasteiger charge is -2.16. The van der Waals surface area contributed by atoms with Gasteiger partial charge >= 0.3 is 0 Å². The molecule has 0 aliphatic carbocycles. The molecule has 2 aromatic rings. The second-order valence-electron chi connectivity index (χ2n) is 4.03. The summed E-state index contributed by atoms with van der Waals surface area (Å²) in [5.74, 6) is -10.9. The van der Waals surface area contributed by atoms with E-state index in [9.17, 15) is 27.1 Å². The average Bonchev–Trinajstić information content (AvgIpc) is 2.46. The summed E-state index contributed by atoms with van der Waals surface area (Å²) in [6, 6.07) is 3.79. The highest BCUT2D eigenvalue weighted by molar-refractivity contribution is 6.42. The summed E-state index contributed by atoms with van der Waals surface area (Å²) in [7, 11) is 0. The van der Waals surface area contributed by atoms with E-state index in [1.165, 1.54) is 12.1 Å². The Hall–Kier alpha value is -1.37. The van der Waals surface area contributed by atoms with Gasteiger partial charge in [-0.25, -0.2) is 22.0 Å². The van der Waals surface area contributed by atoms with Crippen LogP contribution in [0.5, 0.6) is 0 Å². The highest BCUT2D eigenvalue weighted by atomic mass is 35.5. The molecule has 0 radical (unpaired) electrons. The van der Waals surface area contributed by atoms with Gasteiger partial charge in [0.2, 0.25) is 5.82 Å². The third kappa shape index (κ3) is 2.59. The average molecular weight is 343 g/mol. The molecule has 0 aliphatic heterocycles. The van der Waals surface area contributed by atoms with Crippen LogP contribution >= 0.6 is 23.2 Å². The normalized spacial score (nSPS) is 12.6. The maximum Gasteiger partial charge on any atom is 0.200 e. The number of halogens is 7. The fourth-order valence-corrected chi connectivity index (χ4v) is 2.16. The first kappa shape index (κ1) is 16.0. The van der Waals surface area contributed by atoms with Crippen molar-refractivity contribution >= 4 is 23.2 Å². The van der Waals surface area contributed by atoms with E-state index < -0.39 is 40.8 Å². The molecule has 1 nitrogen and oxygen atoms in total. The molecule has 8 heteroatoms. The summed E-state index contributed by atoms with van der Waals surface area (Å²) in [5.41, 5.74) is -1.68. The molecular weight excluding hydrogens is 338 g/mol. The van der Waals surface area contributed by atoms with E-state index in [0.717, 1.165) is 6.07 Å². The summed E-state index contributed by atoms with van der Waals surface area (Å²) < 4.78 is 66.4. The van der Waals surface area contributed by atoms with Gasteiger partial charge in [0.05, 0.1) is 15.6 Å². The molecule has 0 aliphatic rings. The van der Waals surface area contributed by atoms with Gasteiger partial charge in [-0.1, -0.05) is 35.3 Å². The minimum absolute atomic E-state index is 0.0444. The molecule has 0 fully saturated rings. The zero-order valence-corrected chi connectivity index (χ0v) is 11.4. The first-order valence-electron chi connectivity index (χ1n) is 5.40. The smallest absolute Gasteiger partial charge is 0.200 e. The predicted molar refractivity (Wildman–Crippen MR) is 66.8 cm³/mol. The van der Waals surface area contributed by atoms with Gasteiger partial charge in [0, 0.05) is 5.56 Å². The van der Waals surface area contributed by atoms with Crippen LogP contribution in [0.4, 0.5) is 22.0 Å². The lowest BCUT2D eigenvalue weighted by Crippen LogP contribution is -2.12. The largest absolute Gasteiger partial charge is 0.383 e. The van der Waals surface area contributed by atoms with E-state index in [1.807, 2.05) is 0 Å². The molecule has 2 rings (SSSR count). The summed E-state index contributed by atoms with van der Waals surface area (Å²) >= 11 is 11.4. The number of aliphatic hydroxyl groups excluding tert-OH is 1. The zero-order valence-electron chi connectivity index (χ0n) is 9.90. The van der Waals surface area contributed by atoms with Crippen molar-refractivity contribution in [3.8, 4) is 0 Å². The Morgan fingerprint density at radius 1 is 0.810 bits per heavy atom. The lowest BCUT2D eigenvalue weighted by atomic mass is 9.99. The molecule has 0 amide bonds. The molecule has 0 spiro atoms. The van der Waals surface area contributed by atoms with Gasteiger partial charge in [-0.05, 0) is 6.07 Å². The molecule has 21 heavy (non-hydrogen) atoms. The van der Waals surface area contributed by atoms with E-state index >= 15 is 0 Å². The molecule has 0 bridgehead atoms. The minimum Gasteiger partial charge on any atom is -0.383 e. The van der Waals surface area contributed by atoms with Gasteiger partial charge in [-0.15, -0.1) is 0 Å². The van der Waals surface area contributed by atoms with Gasteiger partial charge in [0.25, 0.3) is 0 Å². The Morgan fingerprint density at radius 3 is 1.81 bits per heavy atom. The molecule has 0 heterocycles. The maximum absolute atomic E-state index is 13.6. The molecule has 2 aromatic carbocycles. The van der Waals surface area contributed by atoms with Crippen LogP contribution in [0.2, 0.25) is 10.0 Å². The van der Waals surface area contributed by atoms with Gasteiger partial charge in [-0.3, -0.25) is 0 Å². The SMILES string of the molecule is OC(c1cccc(Cl)c1Cl)c1c(F)c(F)c(F)c(F)c1F. The lowest BCUT2D eigenvalue weighted by molar-refractivity contribution is 0.203.